The van der Waals surface area contributed by atoms with Crippen molar-refractivity contribution in [3.05, 3.63) is 47.9 Å². The molecule has 1 N–H and O–H groups in total. The van der Waals surface area contributed by atoms with E-state index in [0.29, 0.717) is 31.0 Å². The van der Waals surface area contributed by atoms with Crippen LogP contribution in [0, 0.1) is 6.92 Å². The van der Waals surface area contributed by atoms with Gasteiger partial charge < -0.3 is 14.8 Å². The molecule has 1 aliphatic rings. The maximum Gasteiger partial charge on any atom is 0.242 e. The SMILES string of the molecule is Cc1nonc1CNC(=O)C1CN(C(=O)Cn2ccc3ccccc32)CCN1C. The second-order valence-corrected chi connectivity index (χ2v) is 7.35. The number of nitrogens with zero attached hydrogens (tertiary/aromatic N) is 5. The zero-order chi connectivity index (χ0) is 20.4. The fraction of sp³-hybridized carbons (Fsp3) is 0.400. The summed E-state index contributed by atoms with van der Waals surface area (Å²) in [7, 11) is 1.90. The summed E-state index contributed by atoms with van der Waals surface area (Å²) >= 11 is 0. The summed E-state index contributed by atoms with van der Waals surface area (Å²) in [5, 5.41) is 11.5. The van der Waals surface area contributed by atoms with Gasteiger partial charge in [-0.3, -0.25) is 14.5 Å². The molecule has 3 heterocycles. The number of carbonyl (C=O) groups is 2. The summed E-state index contributed by atoms with van der Waals surface area (Å²) < 4.78 is 6.61. The highest BCUT2D eigenvalue weighted by Crippen LogP contribution is 2.16. The van der Waals surface area contributed by atoms with Crippen LogP contribution in [0.1, 0.15) is 11.4 Å². The molecule has 0 spiro atoms. The zero-order valence-corrected chi connectivity index (χ0v) is 16.5. The van der Waals surface area contributed by atoms with E-state index in [1.165, 1.54) is 0 Å². The van der Waals surface area contributed by atoms with E-state index in [2.05, 4.69) is 20.3 Å². The van der Waals surface area contributed by atoms with E-state index in [0.717, 1.165) is 10.9 Å². The van der Waals surface area contributed by atoms with Gasteiger partial charge in [-0.05, 0) is 31.5 Å². The highest BCUT2D eigenvalue weighted by atomic mass is 16.6. The Morgan fingerprint density at radius 1 is 1.21 bits per heavy atom. The first kappa shape index (κ1) is 19.1. The van der Waals surface area contributed by atoms with E-state index in [9.17, 15) is 9.59 Å². The van der Waals surface area contributed by atoms with Crippen LogP contribution in [-0.4, -0.2) is 69.2 Å². The highest BCUT2D eigenvalue weighted by Gasteiger charge is 2.32. The van der Waals surface area contributed by atoms with Gasteiger partial charge >= 0.3 is 0 Å². The number of fused-ring (bicyclic) bond motifs is 1. The van der Waals surface area contributed by atoms with Crippen LogP contribution >= 0.6 is 0 Å². The molecule has 0 saturated carbocycles. The summed E-state index contributed by atoms with van der Waals surface area (Å²) in [5.41, 5.74) is 2.28. The Morgan fingerprint density at radius 2 is 2.03 bits per heavy atom. The quantitative estimate of drug-likeness (QED) is 0.685. The van der Waals surface area contributed by atoms with Gasteiger partial charge in [0.15, 0.2) is 0 Å². The lowest BCUT2D eigenvalue weighted by Gasteiger charge is -2.38. The average Bonchev–Trinajstić information content (AvgIpc) is 3.32. The average molecular weight is 396 g/mol. The summed E-state index contributed by atoms with van der Waals surface area (Å²) in [6, 6.07) is 9.57. The first-order chi connectivity index (χ1) is 14.0. The van der Waals surface area contributed by atoms with Crippen LogP contribution in [0.3, 0.4) is 0 Å². The van der Waals surface area contributed by atoms with Crippen molar-refractivity contribution in [3.63, 3.8) is 0 Å². The Morgan fingerprint density at radius 3 is 2.83 bits per heavy atom. The molecule has 3 aromatic rings. The van der Waals surface area contributed by atoms with E-state index in [1.807, 2.05) is 53.0 Å². The molecule has 1 fully saturated rings. The number of nitrogens with one attached hydrogen (secondary N) is 1. The summed E-state index contributed by atoms with van der Waals surface area (Å²) in [5.74, 6) is -0.132. The molecule has 1 saturated heterocycles. The molecular weight excluding hydrogens is 372 g/mol. The number of aromatic nitrogens is 3. The number of hydrogen-bond acceptors (Lipinski definition) is 6. The number of likely N-dealkylation sites (N-methyl/N-ethyl adjacent to an activating group) is 1. The maximum atomic E-state index is 12.9. The third kappa shape index (κ3) is 4.00. The molecule has 152 valence electrons. The Kier molecular flexibility index (Phi) is 5.30. The molecule has 2 amide bonds. The van der Waals surface area contributed by atoms with Gasteiger partial charge in [0.05, 0.1) is 6.54 Å². The molecule has 1 aliphatic heterocycles. The molecular formula is C20H24N6O3. The van der Waals surface area contributed by atoms with Crippen molar-refractivity contribution in [2.75, 3.05) is 26.7 Å². The third-order valence-corrected chi connectivity index (χ3v) is 5.47. The number of para-hydroxylation sites is 1. The topological polar surface area (TPSA) is 96.5 Å². The molecule has 1 aromatic carbocycles. The maximum absolute atomic E-state index is 12.9. The number of hydrogen-bond donors (Lipinski definition) is 1. The number of benzene rings is 1. The molecule has 9 nitrogen and oxygen atoms in total. The Labute approximate surface area is 168 Å². The normalized spacial score (nSPS) is 17.6. The Hall–Kier alpha value is -3.20. The summed E-state index contributed by atoms with van der Waals surface area (Å²) in [6.07, 6.45) is 1.93. The van der Waals surface area contributed by atoms with Crippen LogP contribution in [0.15, 0.2) is 41.2 Å². The first-order valence-corrected chi connectivity index (χ1v) is 9.60. The van der Waals surface area contributed by atoms with Gasteiger partial charge in [-0.25, -0.2) is 4.63 Å². The van der Waals surface area contributed by atoms with Crippen molar-refractivity contribution in [2.24, 2.45) is 0 Å². The number of carbonyl (C=O) groups excluding carboxylic acids is 2. The second-order valence-electron chi connectivity index (χ2n) is 7.35. The lowest BCUT2D eigenvalue weighted by Crippen LogP contribution is -2.59. The second kappa shape index (κ2) is 8.04. The standard InChI is InChI=1S/C20H24N6O3/c1-14-16(23-29-22-14)11-21-20(28)18-12-26(10-9-24(18)2)19(27)13-25-8-7-15-5-3-4-6-17(15)25/h3-8,18H,9-13H2,1-2H3,(H,21,28). The zero-order valence-electron chi connectivity index (χ0n) is 16.5. The molecule has 0 aliphatic carbocycles. The molecule has 0 radical (unpaired) electrons. The van der Waals surface area contributed by atoms with Gasteiger partial charge in [0, 0.05) is 31.3 Å². The number of aryl methyl sites for hydroxylation is 1. The van der Waals surface area contributed by atoms with Crippen molar-refractivity contribution >= 4 is 22.7 Å². The van der Waals surface area contributed by atoms with E-state index in [-0.39, 0.29) is 24.9 Å². The molecule has 1 unspecified atom stereocenters. The van der Waals surface area contributed by atoms with Gasteiger partial charge in [0.1, 0.15) is 24.0 Å². The van der Waals surface area contributed by atoms with Crippen LogP contribution < -0.4 is 5.32 Å². The lowest BCUT2D eigenvalue weighted by molar-refractivity contribution is -0.138. The molecule has 9 heteroatoms. The van der Waals surface area contributed by atoms with Crippen molar-refractivity contribution in [2.45, 2.75) is 26.1 Å². The molecule has 4 rings (SSSR count). The molecule has 2 aromatic heterocycles. The molecule has 1 atom stereocenters. The predicted octanol–water partition coefficient (Wildman–Crippen LogP) is 0.792. The minimum atomic E-state index is -0.408. The number of piperazine rings is 1. The smallest absolute Gasteiger partial charge is 0.242 e. The van der Waals surface area contributed by atoms with E-state index in [1.54, 1.807) is 11.8 Å². The van der Waals surface area contributed by atoms with Gasteiger partial charge in [-0.15, -0.1) is 0 Å². The van der Waals surface area contributed by atoms with Gasteiger partial charge in [0.2, 0.25) is 11.8 Å². The van der Waals surface area contributed by atoms with Gasteiger partial charge in [0.25, 0.3) is 0 Å². The van der Waals surface area contributed by atoms with E-state index < -0.39 is 6.04 Å². The van der Waals surface area contributed by atoms with Crippen LogP contribution in [0.25, 0.3) is 10.9 Å². The number of rotatable bonds is 5. The minimum Gasteiger partial charge on any atom is -0.349 e. The first-order valence-electron chi connectivity index (χ1n) is 9.60. The minimum absolute atomic E-state index is 0.00815. The van der Waals surface area contributed by atoms with Crippen molar-refractivity contribution in [1.82, 2.24) is 30.0 Å². The third-order valence-electron chi connectivity index (χ3n) is 5.47. The van der Waals surface area contributed by atoms with Gasteiger partial charge in [-0.1, -0.05) is 28.5 Å². The van der Waals surface area contributed by atoms with Crippen molar-refractivity contribution in [3.8, 4) is 0 Å². The Balaban J connectivity index is 1.39. The summed E-state index contributed by atoms with van der Waals surface area (Å²) in [6.45, 7) is 3.88. The van der Waals surface area contributed by atoms with Crippen LogP contribution in [0.5, 0.6) is 0 Å². The largest absolute Gasteiger partial charge is 0.349 e. The monoisotopic (exact) mass is 396 g/mol. The number of amides is 2. The van der Waals surface area contributed by atoms with Crippen molar-refractivity contribution in [1.29, 1.82) is 0 Å². The fourth-order valence-electron chi connectivity index (χ4n) is 3.61. The molecule has 29 heavy (non-hydrogen) atoms. The van der Waals surface area contributed by atoms with Crippen LogP contribution in [0.4, 0.5) is 0 Å². The van der Waals surface area contributed by atoms with Gasteiger partial charge in [-0.2, -0.15) is 0 Å². The van der Waals surface area contributed by atoms with Crippen molar-refractivity contribution < 1.29 is 14.2 Å². The lowest BCUT2D eigenvalue weighted by atomic mass is 10.1. The van der Waals surface area contributed by atoms with Crippen LogP contribution in [-0.2, 0) is 22.7 Å². The highest BCUT2D eigenvalue weighted by molar-refractivity contribution is 5.85. The summed E-state index contributed by atoms with van der Waals surface area (Å²) in [4.78, 5) is 29.3. The van der Waals surface area contributed by atoms with E-state index >= 15 is 0 Å². The van der Waals surface area contributed by atoms with E-state index in [4.69, 9.17) is 0 Å². The van der Waals surface area contributed by atoms with Crippen LogP contribution in [0.2, 0.25) is 0 Å². The predicted molar refractivity (Wildman–Crippen MR) is 106 cm³/mol. The Bertz CT molecular complexity index is 1030. The fourth-order valence-corrected chi connectivity index (χ4v) is 3.61. The molecule has 0 bridgehead atoms.